The smallest absolute Gasteiger partial charge is 0.326 e. The number of hydrogen-bond donors (Lipinski definition) is 0. The molecule has 2 amide bonds. The van der Waals surface area contributed by atoms with Crippen LogP contribution in [-0.2, 0) is 26.2 Å². The highest BCUT2D eigenvalue weighted by Crippen LogP contribution is 2.22. The first-order valence-corrected chi connectivity index (χ1v) is 9.39. The maximum Gasteiger partial charge on any atom is 0.326 e. The van der Waals surface area contributed by atoms with Crippen molar-refractivity contribution in [1.82, 2.24) is 4.90 Å². The standard InChI is InChI=1S/C23H23NO5/c1-23(2,3)17-10-8-15(9-11-17)19(25)14-29-21(27)13-24-20(26)12-16-6-4-5-7-18(16)22(24)28/h4-11H,12-14H2,1-3H3. The van der Waals surface area contributed by atoms with Gasteiger partial charge in [0.15, 0.2) is 12.4 Å². The van der Waals surface area contributed by atoms with Gasteiger partial charge in [0.25, 0.3) is 5.91 Å². The number of ether oxygens (including phenoxy) is 1. The van der Waals surface area contributed by atoms with E-state index in [1.807, 2.05) is 12.1 Å². The second-order valence-corrected chi connectivity index (χ2v) is 8.03. The summed E-state index contributed by atoms with van der Waals surface area (Å²) in [6.45, 7) is 5.27. The van der Waals surface area contributed by atoms with Crippen molar-refractivity contribution in [1.29, 1.82) is 0 Å². The fourth-order valence-electron chi connectivity index (χ4n) is 3.12. The number of carbonyl (C=O) groups is 4. The van der Waals surface area contributed by atoms with Gasteiger partial charge in [-0.15, -0.1) is 0 Å². The van der Waals surface area contributed by atoms with Gasteiger partial charge >= 0.3 is 5.97 Å². The number of Topliss-reactive ketones (excluding diaryl/α,β-unsaturated/α-hetero) is 1. The lowest BCUT2D eigenvalue weighted by Crippen LogP contribution is -2.45. The van der Waals surface area contributed by atoms with E-state index in [-0.39, 0.29) is 17.6 Å². The van der Waals surface area contributed by atoms with Crippen LogP contribution < -0.4 is 0 Å². The summed E-state index contributed by atoms with van der Waals surface area (Å²) in [4.78, 5) is 49.9. The molecule has 2 aromatic carbocycles. The molecule has 0 aliphatic carbocycles. The lowest BCUT2D eigenvalue weighted by Gasteiger charge is -2.25. The Hall–Kier alpha value is -3.28. The fourth-order valence-corrected chi connectivity index (χ4v) is 3.12. The Balaban J connectivity index is 1.58. The molecular weight excluding hydrogens is 370 g/mol. The highest BCUT2D eigenvalue weighted by Gasteiger charge is 2.32. The number of imide groups is 1. The molecular formula is C23H23NO5. The van der Waals surface area contributed by atoms with Crippen molar-refractivity contribution in [3.8, 4) is 0 Å². The molecule has 6 heteroatoms. The van der Waals surface area contributed by atoms with Gasteiger partial charge in [0.2, 0.25) is 5.91 Å². The number of nitrogens with zero attached hydrogens (tertiary/aromatic N) is 1. The van der Waals surface area contributed by atoms with Gasteiger partial charge < -0.3 is 4.74 Å². The molecule has 3 rings (SSSR count). The second-order valence-electron chi connectivity index (χ2n) is 8.03. The van der Waals surface area contributed by atoms with Crippen LogP contribution in [0.4, 0.5) is 0 Å². The van der Waals surface area contributed by atoms with Crippen LogP contribution in [0.5, 0.6) is 0 Å². The number of benzene rings is 2. The summed E-state index contributed by atoms with van der Waals surface area (Å²) in [5.74, 6) is -2.14. The molecule has 0 N–H and O–H groups in total. The lowest BCUT2D eigenvalue weighted by molar-refractivity contribution is -0.146. The summed E-state index contributed by atoms with van der Waals surface area (Å²) in [5, 5.41) is 0. The molecule has 0 aromatic heterocycles. The van der Waals surface area contributed by atoms with Crippen molar-refractivity contribution in [2.75, 3.05) is 13.2 Å². The highest BCUT2D eigenvalue weighted by atomic mass is 16.5. The molecule has 0 spiro atoms. The molecule has 150 valence electrons. The number of esters is 1. The van der Waals surface area contributed by atoms with Crippen molar-refractivity contribution >= 4 is 23.6 Å². The Morgan fingerprint density at radius 2 is 1.66 bits per heavy atom. The molecule has 2 aromatic rings. The van der Waals surface area contributed by atoms with Gasteiger partial charge in [-0.05, 0) is 22.6 Å². The molecule has 0 saturated carbocycles. The zero-order valence-electron chi connectivity index (χ0n) is 16.7. The lowest BCUT2D eigenvalue weighted by atomic mass is 9.86. The van der Waals surface area contributed by atoms with Crippen LogP contribution in [0.1, 0.15) is 52.6 Å². The third kappa shape index (κ3) is 4.59. The third-order valence-corrected chi connectivity index (χ3v) is 4.86. The van der Waals surface area contributed by atoms with Crippen molar-refractivity contribution < 1.29 is 23.9 Å². The minimum Gasteiger partial charge on any atom is -0.456 e. The predicted octanol–water partition coefficient (Wildman–Crippen LogP) is 2.94. The van der Waals surface area contributed by atoms with Crippen LogP contribution in [0.2, 0.25) is 0 Å². The first-order valence-electron chi connectivity index (χ1n) is 9.39. The van der Waals surface area contributed by atoms with E-state index in [1.54, 1.807) is 36.4 Å². The second kappa shape index (κ2) is 7.99. The first-order chi connectivity index (χ1) is 13.7. The van der Waals surface area contributed by atoms with Crippen LogP contribution in [0.25, 0.3) is 0 Å². The number of fused-ring (bicyclic) bond motifs is 1. The third-order valence-electron chi connectivity index (χ3n) is 4.86. The number of amides is 2. The zero-order valence-corrected chi connectivity index (χ0v) is 16.7. The number of rotatable bonds is 5. The van der Waals surface area contributed by atoms with E-state index in [4.69, 9.17) is 4.74 Å². The zero-order chi connectivity index (χ0) is 21.2. The molecule has 0 radical (unpaired) electrons. The van der Waals surface area contributed by atoms with Crippen LogP contribution >= 0.6 is 0 Å². The molecule has 0 fully saturated rings. The van der Waals surface area contributed by atoms with Crippen molar-refractivity contribution in [2.45, 2.75) is 32.6 Å². The Morgan fingerprint density at radius 3 is 2.31 bits per heavy atom. The Morgan fingerprint density at radius 1 is 1.00 bits per heavy atom. The van der Waals surface area contributed by atoms with Crippen LogP contribution in [0.3, 0.4) is 0 Å². The Bertz CT molecular complexity index is 970. The first kappa shape index (κ1) is 20.5. The predicted molar refractivity (Wildman–Crippen MR) is 107 cm³/mol. The number of ketones is 1. The van der Waals surface area contributed by atoms with Gasteiger partial charge in [0, 0.05) is 11.1 Å². The molecule has 0 atom stereocenters. The average molecular weight is 393 g/mol. The van der Waals surface area contributed by atoms with Crippen LogP contribution in [0.15, 0.2) is 48.5 Å². The Kier molecular flexibility index (Phi) is 5.64. The van der Waals surface area contributed by atoms with Crippen LogP contribution in [-0.4, -0.2) is 41.6 Å². The van der Waals surface area contributed by atoms with Crippen LogP contribution in [0, 0.1) is 0 Å². The molecule has 1 heterocycles. The summed E-state index contributed by atoms with van der Waals surface area (Å²) in [6, 6.07) is 13.9. The Labute approximate surface area is 169 Å². The molecule has 6 nitrogen and oxygen atoms in total. The quantitative estimate of drug-likeness (QED) is 0.443. The summed E-state index contributed by atoms with van der Waals surface area (Å²) in [7, 11) is 0. The normalized spacial score (nSPS) is 13.8. The average Bonchev–Trinajstić information content (AvgIpc) is 2.68. The molecule has 0 bridgehead atoms. The van der Waals surface area contributed by atoms with Gasteiger partial charge in [-0.3, -0.25) is 24.1 Å². The number of hydrogen-bond acceptors (Lipinski definition) is 5. The minimum atomic E-state index is -0.800. The summed E-state index contributed by atoms with van der Waals surface area (Å²) >= 11 is 0. The summed E-state index contributed by atoms with van der Waals surface area (Å²) in [5.41, 5.74) is 2.54. The van der Waals surface area contributed by atoms with Gasteiger partial charge in [0.05, 0.1) is 6.42 Å². The van der Waals surface area contributed by atoms with E-state index in [0.29, 0.717) is 16.7 Å². The van der Waals surface area contributed by atoms with E-state index >= 15 is 0 Å². The fraction of sp³-hybridized carbons (Fsp3) is 0.304. The van der Waals surface area contributed by atoms with E-state index in [0.717, 1.165) is 10.5 Å². The van der Waals surface area contributed by atoms with E-state index < -0.39 is 30.9 Å². The van der Waals surface area contributed by atoms with Crippen molar-refractivity contribution in [3.63, 3.8) is 0 Å². The van der Waals surface area contributed by atoms with E-state index in [9.17, 15) is 19.2 Å². The monoisotopic (exact) mass is 393 g/mol. The minimum absolute atomic E-state index is 0.0276. The van der Waals surface area contributed by atoms with E-state index in [2.05, 4.69) is 20.8 Å². The SMILES string of the molecule is CC(C)(C)c1ccc(C(=O)COC(=O)CN2C(=O)Cc3ccccc3C2=O)cc1. The summed E-state index contributed by atoms with van der Waals surface area (Å²) in [6.07, 6.45) is 0.0499. The highest BCUT2D eigenvalue weighted by molar-refractivity contribution is 6.11. The van der Waals surface area contributed by atoms with E-state index in [1.165, 1.54) is 0 Å². The molecule has 29 heavy (non-hydrogen) atoms. The van der Waals surface area contributed by atoms with Crippen molar-refractivity contribution in [3.05, 3.63) is 70.8 Å². The van der Waals surface area contributed by atoms with Gasteiger partial charge in [-0.25, -0.2) is 0 Å². The topological polar surface area (TPSA) is 80.8 Å². The van der Waals surface area contributed by atoms with Gasteiger partial charge in [-0.1, -0.05) is 63.2 Å². The largest absolute Gasteiger partial charge is 0.456 e. The molecule has 0 unspecified atom stereocenters. The molecule has 1 aliphatic heterocycles. The molecule has 0 saturated heterocycles. The number of carbonyl (C=O) groups excluding carboxylic acids is 4. The van der Waals surface area contributed by atoms with Gasteiger partial charge in [-0.2, -0.15) is 0 Å². The van der Waals surface area contributed by atoms with Gasteiger partial charge in [0.1, 0.15) is 6.54 Å². The molecule has 1 aliphatic rings. The van der Waals surface area contributed by atoms with Crippen molar-refractivity contribution in [2.24, 2.45) is 0 Å². The maximum absolute atomic E-state index is 12.5. The summed E-state index contributed by atoms with van der Waals surface area (Å²) < 4.78 is 5.01. The maximum atomic E-state index is 12.5.